The van der Waals surface area contributed by atoms with Gasteiger partial charge in [-0.05, 0) is 61.4 Å². The summed E-state index contributed by atoms with van der Waals surface area (Å²) in [6.45, 7) is 5.70. The van der Waals surface area contributed by atoms with Gasteiger partial charge < -0.3 is 19.8 Å². The molecule has 4 rings (SSSR count). The fourth-order valence-electron chi connectivity index (χ4n) is 3.56. The van der Waals surface area contributed by atoms with E-state index in [0.717, 1.165) is 22.5 Å². The van der Waals surface area contributed by atoms with Gasteiger partial charge in [0, 0.05) is 30.6 Å². The number of anilines is 1. The number of carbonyl (C=O) groups excluding carboxylic acids is 2. The van der Waals surface area contributed by atoms with Crippen molar-refractivity contribution in [3.63, 3.8) is 0 Å². The van der Waals surface area contributed by atoms with Crippen LogP contribution in [-0.2, 0) is 11.4 Å². The number of nitrogens with one attached hydrogen (secondary N) is 2. The molecule has 4 aromatic rings. The highest BCUT2D eigenvalue weighted by molar-refractivity contribution is 5.95. The Hall–Kier alpha value is -4.13. The second-order valence-corrected chi connectivity index (χ2v) is 8.02. The van der Waals surface area contributed by atoms with Crippen LogP contribution in [0.3, 0.4) is 0 Å². The van der Waals surface area contributed by atoms with Crippen LogP contribution in [0.15, 0.2) is 73.1 Å². The van der Waals surface area contributed by atoms with E-state index >= 15 is 0 Å². The van der Waals surface area contributed by atoms with Gasteiger partial charge in [0.2, 0.25) is 5.91 Å². The van der Waals surface area contributed by atoms with Crippen molar-refractivity contribution < 1.29 is 14.3 Å². The summed E-state index contributed by atoms with van der Waals surface area (Å²) >= 11 is 0. The van der Waals surface area contributed by atoms with Crippen LogP contribution in [0.2, 0.25) is 0 Å². The fraction of sp³-hybridized carbons (Fsp3) is 0.192. The van der Waals surface area contributed by atoms with Crippen molar-refractivity contribution in [2.75, 3.05) is 5.32 Å². The van der Waals surface area contributed by atoms with E-state index in [0.29, 0.717) is 23.6 Å². The molecule has 7 heteroatoms. The monoisotopic (exact) mass is 442 g/mol. The van der Waals surface area contributed by atoms with Crippen LogP contribution in [-0.4, -0.2) is 21.2 Å². The average Bonchev–Trinajstić information content (AvgIpc) is 3.19. The molecule has 2 aromatic carbocycles. The highest BCUT2D eigenvalue weighted by Gasteiger charge is 2.13. The zero-order valence-corrected chi connectivity index (χ0v) is 18.8. The van der Waals surface area contributed by atoms with Crippen LogP contribution in [0.25, 0.3) is 5.65 Å². The highest BCUT2D eigenvalue weighted by atomic mass is 16.5. The third-order valence-electron chi connectivity index (χ3n) is 5.19. The summed E-state index contributed by atoms with van der Waals surface area (Å²) in [6.07, 6.45) is 3.96. The Morgan fingerprint density at radius 2 is 1.88 bits per heavy atom. The van der Waals surface area contributed by atoms with Gasteiger partial charge in [0.15, 0.2) is 0 Å². The number of amides is 2. The van der Waals surface area contributed by atoms with Crippen molar-refractivity contribution in [2.45, 2.75) is 33.4 Å². The van der Waals surface area contributed by atoms with E-state index in [1.54, 1.807) is 18.2 Å². The standard InChI is InChI=1S/C26H26N4O3/c1-17-10-11-25-29-23(15-30(25)14-17)16-33-24-9-5-7-21(13-24)26(32)27-18(2)20-6-4-8-22(12-20)28-19(3)31/h4-15,18H,16H2,1-3H3,(H,27,32)(H,28,31). The van der Waals surface area contributed by atoms with Gasteiger partial charge in [-0.25, -0.2) is 4.98 Å². The molecule has 33 heavy (non-hydrogen) atoms. The molecule has 0 radical (unpaired) electrons. The van der Waals surface area contributed by atoms with Gasteiger partial charge in [0.05, 0.1) is 11.7 Å². The first kappa shape index (κ1) is 22.1. The van der Waals surface area contributed by atoms with Crippen molar-refractivity contribution in [1.29, 1.82) is 0 Å². The Bertz CT molecular complexity index is 1310. The summed E-state index contributed by atoms with van der Waals surface area (Å²) < 4.78 is 7.86. The van der Waals surface area contributed by atoms with Crippen molar-refractivity contribution in [3.05, 3.63) is 95.4 Å². The zero-order valence-electron chi connectivity index (χ0n) is 18.8. The van der Waals surface area contributed by atoms with E-state index in [1.807, 2.05) is 73.1 Å². The van der Waals surface area contributed by atoms with Crippen LogP contribution in [0.5, 0.6) is 5.75 Å². The molecular formula is C26H26N4O3. The number of carbonyl (C=O) groups is 2. The molecule has 0 fully saturated rings. The molecule has 1 atom stereocenters. The lowest BCUT2D eigenvalue weighted by molar-refractivity contribution is -0.114. The Labute approximate surface area is 192 Å². The number of pyridine rings is 1. The van der Waals surface area contributed by atoms with Gasteiger partial charge >= 0.3 is 0 Å². The summed E-state index contributed by atoms with van der Waals surface area (Å²) in [7, 11) is 0. The first-order valence-electron chi connectivity index (χ1n) is 10.7. The molecule has 0 saturated carbocycles. The maximum atomic E-state index is 12.8. The number of aromatic nitrogens is 2. The summed E-state index contributed by atoms with van der Waals surface area (Å²) in [5.41, 5.74) is 4.92. The number of hydrogen-bond acceptors (Lipinski definition) is 4. The molecule has 2 heterocycles. The Kier molecular flexibility index (Phi) is 6.40. The van der Waals surface area contributed by atoms with E-state index < -0.39 is 0 Å². The summed E-state index contributed by atoms with van der Waals surface area (Å²) in [4.78, 5) is 28.7. The molecule has 2 aromatic heterocycles. The summed E-state index contributed by atoms with van der Waals surface area (Å²) in [5, 5.41) is 5.75. The summed E-state index contributed by atoms with van der Waals surface area (Å²) in [6, 6.07) is 18.2. The van der Waals surface area contributed by atoms with E-state index in [2.05, 4.69) is 15.6 Å². The van der Waals surface area contributed by atoms with Gasteiger partial charge in [-0.2, -0.15) is 0 Å². The van der Waals surface area contributed by atoms with Gasteiger partial charge in [0.1, 0.15) is 18.0 Å². The molecule has 168 valence electrons. The normalized spacial score (nSPS) is 11.7. The number of imidazole rings is 1. The van der Waals surface area contributed by atoms with Crippen molar-refractivity contribution in [2.24, 2.45) is 0 Å². The van der Waals surface area contributed by atoms with Gasteiger partial charge in [-0.15, -0.1) is 0 Å². The maximum Gasteiger partial charge on any atom is 0.251 e. The fourth-order valence-corrected chi connectivity index (χ4v) is 3.56. The second-order valence-electron chi connectivity index (χ2n) is 8.02. The number of nitrogens with zero attached hydrogens (tertiary/aromatic N) is 2. The largest absolute Gasteiger partial charge is 0.487 e. The third kappa shape index (κ3) is 5.57. The molecule has 0 saturated heterocycles. The lowest BCUT2D eigenvalue weighted by Crippen LogP contribution is -2.26. The third-order valence-corrected chi connectivity index (χ3v) is 5.19. The lowest BCUT2D eigenvalue weighted by atomic mass is 10.1. The predicted molar refractivity (Wildman–Crippen MR) is 127 cm³/mol. The van der Waals surface area contributed by atoms with Crippen LogP contribution in [0.4, 0.5) is 5.69 Å². The van der Waals surface area contributed by atoms with Crippen LogP contribution in [0, 0.1) is 6.92 Å². The first-order chi connectivity index (χ1) is 15.9. The highest BCUT2D eigenvalue weighted by Crippen LogP contribution is 2.20. The topological polar surface area (TPSA) is 84.7 Å². The molecule has 1 unspecified atom stereocenters. The van der Waals surface area contributed by atoms with E-state index in [9.17, 15) is 9.59 Å². The van der Waals surface area contributed by atoms with E-state index in [1.165, 1.54) is 6.92 Å². The molecule has 0 aliphatic heterocycles. The maximum absolute atomic E-state index is 12.8. The minimum Gasteiger partial charge on any atom is -0.487 e. The summed E-state index contributed by atoms with van der Waals surface area (Å²) in [5.74, 6) is 0.247. The molecule has 0 bridgehead atoms. The van der Waals surface area contributed by atoms with Crippen LogP contribution >= 0.6 is 0 Å². The molecule has 2 amide bonds. The van der Waals surface area contributed by atoms with Crippen molar-refractivity contribution in [1.82, 2.24) is 14.7 Å². The molecule has 0 aliphatic rings. The van der Waals surface area contributed by atoms with Gasteiger partial charge in [-0.3, -0.25) is 9.59 Å². The minimum atomic E-state index is -0.239. The molecule has 0 spiro atoms. The second kappa shape index (κ2) is 9.56. The average molecular weight is 443 g/mol. The number of benzene rings is 2. The van der Waals surface area contributed by atoms with Crippen molar-refractivity contribution >= 4 is 23.1 Å². The first-order valence-corrected chi connectivity index (χ1v) is 10.7. The number of rotatable bonds is 7. The molecular weight excluding hydrogens is 416 g/mol. The number of fused-ring (bicyclic) bond motifs is 1. The Balaban J connectivity index is 1.40. The molecule has 7 nitrogen and oxygen atoms in total. The minimum absolute atomic E-state index is 0.139. The van der Waals surface area contributed by atoms with E-state index in [-0.39, 0.29) is 17.9 Å². The Morgan fingerprint density at radius 1 is 1.06 bits per heavy atom. The number of aryl methyl sites for hydroxylation is 1. The quantitative estimate of drug-likeness (QED) is 0.436. The van der Waals surface area contributed by atoms with Crippen molar-refractivity contribution in [3.8, 4) is 5.75 Å². The zero-order chi connectivity index (χ0) is 23.4. The van der Waals surface area contributed by atoms with Gasteiger partial charge in [-0.1, -0.05) is 24.3 Å². The smallest absolute Gasteiger partial charge is 0.251 e. The SMILES string of the molecule is CC(=O)Nc1cccc(C(C)NC(=O)c2cccc(OCc3cn4cc(C)ccc4n3)c2)c1. The molecule has 2 N–H and O–H groups in total. The van der Waals surface area contributed by atoms with Crippen LogP contribution in [0.1, 0.15) is 47.1 Å². The van der Waals surface area contributed by atoms with E-state index in [4.69, 9.17) is 4.74 Å². The number of hydrogen-bond donors (Lipinski definition) is 2. The lowest BCUT2D eigenvalue weighted by Gasteiger charge is -2.16. The number of ether oxygens (including phenoxy) is 1. The molecule has 0 aliphatic carbocycles. The van der Waals surface area contributed by atoms with Gasteiger partial charge in [0.25, 0.3) is 5.91 Å². The predicted octanol–water partition coefficient (Wildman–Crippen LogP) is 4.67. The van der Waals surface area contributed by atoms with Crippen LogP contribution < -0.4 is 15.4 Å². The Morgan fingerprint density at radius 3 is 2.70 bits per heavy atom.